The molecule has 2 N–H and O–H groups in total. The molecule has 0 spiro atoms. The summed E-state index contributed by atoms with van der Waals surface area (Å²) in [5, 5.41) is 7.30. The van der Waals surface area contributed by atoms with Crippen LogP contribution in [0.15, 0.2) is 59.0 Å². The van der Waals surface area contributed by atoms with Gasteiger partial charge in [-0.05, 0) is 87.2 Å². The zero-order valence-corrected chi connectivity index (χ0v) is 27.3. The van der Waals surface area contributed by atoms with Gasteiger partial charge in [-0.25, -0.2) is 0 Å². The van der Waals surface area contributed by atoms with Crippen LogP contribution in [0.3, 0.4) is 0 Å². The molecule has 2 aromatic carbocycles. The van der Waals surface area contributed by atoms with Gasteiger partial charge in [-0.15, -0.1) is 0 Å². The summed E-state index contributed by atoms with van der Waals surface area (Å²) in [4.78, 5) is 32.7. The lowest BCUT2D eigenvalue weighted by Gasteiger charge is -2.37. The number of fused-ring (bicyclic) bond motifs is 1. The number of furan rings is 1. The second-order valence-corrected chi connectivity index (χ2v) is 13.5. The van der Waals surface area contributed by atoms with E-state index in [1.807, 2.05) is 12.1 Å². The van der Waals surface area contributed by atoms with Gasteiger partial charge in [0.2, 0.25) is 5.91 Å². The van der Waals surface area contributed by atoms with Gasteiger partial charge in [-0.2, -0.15) is 0 Å². The van der Waals surface area contributed by atoms with Crippen LogP contribution in [-0.2, 0) is 16.0 Å². The van der Waals surface area contributed by atoms with E-state index in [0.717, 1.165) is 89.3 Å². The number of hydrogen-bond acceptors (Lipinski definition) is 7. The Morgan fingerprint density at radius 2 is 1.72 bits per heavy atom. The van der Waals surface area contributed by atoms with Gasteiger partial charge in [0.15, 0.2) is 5.76 Å². The number of benzene rings is 2. The third kappa shape index (κ3) is 8.30. The van der Waals surface area contributed by atoms with E-state index in [2.05, 4.69) is 44.7 Å². The van der Waals surface area contributed by atoms with Crippen molar-refractivity contribution in [1.29, 1.82) is 0 Å². The van der Waals surface area contributed by atoms with Crippen molar-refractivity contribution in [1.82, 2.24) is 20.4 Å². The van der Waals surface area contributed by atoms with Crippen molar-refractivity contribution >= 4 is 22.8 Å². The van der Waals surface area contributed by atoms with Crippen molar-refractivity contribution < 1.29 is 23.5 Å². The van der Waals surface area contributed by atoms with E-state index in [1.165, 1.54) is 24.9 Å². The predicted octanol–water partition coefficient (Wildman–Crippen LogP) is 5.04. The average Bonchev–Trinajstić information content (AvgIpc) is 3.74. The van der Waals surface area contributed by atoms with Crippen molar-refractivity contribution in [2.75, 3.05) is 59.6 Å². The first-order chi connectivity index (χ1) is 22.5. The molecule has 1 saturated carbocycles. The van der Waals surface area contributed by atoms with E-state index < -0.39 is 5.54 Å². The molecule has 3 fully saturated rings. The number of nitrogens with zero attached hydrogens (tertiary/aromatic N) is 2. The third-order valence-electron chi connectivity index (χ3n) is 10.2. The zero-order chi connectivity index (χ0) is 31.8. The molecule has 9 nitrogen and oxygen atoms in total. The standard InChI is InChI=1S/C37H50N4O5/c1-44-32-11-12-33-30(25-32)26-34(46-33)35(42)39-37(15-5-6-16-37)36(43)38-31(24-28-8-3-2-4-9-28)10-7-17-40-18-20-41(21-19-40)27-29-13-22-45-23-14-29/h2-4,8-9,11-12,25-26,29,31H,5-7,10,13-24,27H2,1H3,(H,38,43)(H,39,42)/t31-/m0/s1. The number of rotatable bonds is 13. The monoisotopic (exact) mass is 630 g/mol. The number of ether oxygens (including phenoxy) is 2. The molecule has 1 aromatic heterocycles. The smallest absolute Gasteiger partial charge is 0.287 e. The lowest BCUT2D eigenvalue weighted by atomic mass is 9.93. The number of carbonyl (C=O) groups is 2. The first-order valence-corrected chi connectivity index (χ1v) is 17.3. The normalized spacial score (nSPS) is 20.0. The van der Waals surface area contributed by atoms with Crippen LogP contribution in [0.5, 0.6) is 5.75 Å². The van der Waals surface area contributed by atoms with Gasteiger partial charge in [0.05, 0.1) is 7.11 Å². The highest BCUT2D eigenvalue weighted by atomic mass is 16.5. The average molecular weight is 631 g/mol. The Hall–Kier alpha value is -3.40. The topological polar surface area (TPSA) is 96.3 Å². The Bertz CT molecular complexity index is 1420. The fourth-order valence-electron chi connectivity index (χ4n) is 7.42. The van der Waals surface area contributed by atoms with Crippen LogP contribution in [0, 0.1) is 5.92 Å². The summed E-state index contributed by atoms with van der Waals surface area (Å²) < 4.78 is 16.7. The Morgan fingerprint density at radius 1 is 0.978 bits per heavy atom. The van der Waals surface area contributed by atoms with Crippen molar-refractivity contribution in [3.63, 3.8) is 0 Å². The van der Waals surface area contributed by atoms with Crippen LogP contribution in [0.4, 0.5) is 0 Å². The molecule has 2 aliphatic heterocycles. The molecule has 6 rings (SSSR count). The summed E-state index contributed by atoms with van der Waals surface area (Å²) in [5.74, 6) is 1.24. The second-order valence-electron chi connectivity index (χ2n) is 13.5. The van der Waals surface area contributed by atoms with E-state index in [0.29, 0.717) is 24.2 Å². The lowest BCUT2D eigenvalue weighted by Crippen LogP contribution is -2.59. The summed E-state index contributed by atoms with van der Waals surface area (Å²) in [6.07, 6.45) is 8.08. The first-order valence-electron chi connectivity index (χ1n) is 17.3. The number of amides is 2. The Morgan fingerprint density at radius 3 is 2.46 bits per heavy atom. The Labute approximate surface area is 273 Å². The molecule has 0 unspecified atom stereocenters. The maximum absolute atomic E-state index is 14.1. The molecule has 0 radical (unpaired) electrons. The molecule has 3 aliphatic rings. The number of nitrogens with one attached hydrogen (secondary N) is 2. The molecule has 3 aromatic rings. The Balaban J connectivity index is 1.05. The maximum Gasteiger partial charge on any atom is 0.287 e. The van der Waals surface area contributed by atoms with Gasteiger partial charge < -0.3 is 34.3 Å². The van der Waals surface area contributed by atoms with Crippen LogP contribution < -0.4 is 15.4 Å². The lowest BCUT2D eigenvalue weighted by molar-refractivity contribution is -0.128. The number of hydrogen-bond donors (Lipinski definition) is 2. The molecular formula is C37H50N4O5. The molecule has 2 saturated heterocycles. The highest BCUT2D eigenvalue weighted by molar-refractivity contribution is 6.00. The van der Waals surface area contributed by atoms with E-state index >= 15 is 0 Å². The molecule has 2 amide bonds. The molecule has 248 valence electrons. The molecule has 1 atom stereocenters. The molecule has 1 aliphatic carbocycles. The minimum absolute atomic E-state index is 0.0160. The maximum atomic E-state index is 14.1. The van der Waals surface area contributed by atoms with Gasteiger partial charge in [0, 0.05) is 57.4 Å². The predicted molar refractivity (Wildman–Crippen MR) is 179 cm³/mol. The van der Waals surface area contributed by atoms with E-state index in [1.54, 1.807) is 25.3 Å². The number of carbonyl (C=O) groups excluding carboxylic acids is 2. The van der Waals surface area contributed by atoms with Crippen LogP contribution in [0.1, 0.15) is 67.5 Å². The van der Waals surface area contributed by atoms with Crippen molar-refractivity contribution in [2.24, 2.45) is 5.92 Å². The van der Waals surface area contributed by atoms with E-state index in [-0.39, 0.29) is 23.6 Å². The van der Waals surface area contributed by atoms with Crippen LogP contribution in [0.2, 0.25) is 0 Å². The fraction of sp³-hybridized carbons (Fsp3) is 0.568. The summed E-state index contributed by atoms with van der Waals surface area (Å²) in [5.41, 5.74) is 0.875. The molecule has 3 heterocycles. The number of methoxy groups -OCH3 is 1. The Kier molecular flexibility index (Phi) is 10.9. The minimum Gasteiger partial charge on any atom is -0.497 e. The SMILES string of the molecule is COc1ccc2oc(C(=O)NC3(C(=O)N[C@@H](CCCN4CCN(CC5CCOCC5)CC4)Cc4ccccc4)CCCC3)cc2c1. The molecule has 9 heteroatoms. The number of piperazine rings is 1. The third-order valence-corrected chi connectivity index (χ3v) is 10.2. The summed E-state index contributed by atoms with van der Waals surface area (Å²) in [6.45, 7) is 8.51. The summed E-state index contributed by atoms with van der Waals surface area (Å²) in [7, 11) is 1.61. The quantitative estimate of drug-likeness (QED) is 0.273. The van der Waals surface area contributed by atoms with Crippen molar-refractivity contribution in [3.05, 3.63) is 65.9 Å². The van der Waals surface area contributed by atoms with Crippen LogP contribution >= 0.6 is 0 Å². The van der Waals surface area contributed by atoms with E-state index in [4.69, 9.17) is 13.9 Å². The summed E-state index contributed by atoms with van der Waals surface area (Å²) in [6, 6.07) is 17.5. The molecule has 0 bridgehead atoms. The van der Waals surface area contributed by atoms with Crippen LogP contribution in [0.25, 0.3) is 11.0 Å². The van der Waals surface area contributed by atoms with Crippen molar-refractivity contribution in [3.8, 4) is 5.75 Å². The zero-order valence-electron chi connectivity index (χ0n) is 27.3. The van der Waals surface area contributed by atoms with Gasteiger partial charge >= 0.3 is 0 Å². The largest absolute Gasteiger partial charge is 0.497 e. The minimum atomic E-state index is -0.941. The first kappa shape index (κ1) is 32.5. The summed E-state index contributed by atoms with van der Waals surface area (Å²) >= 11 is 0. The van der Waals surface area contributed by atoms with Crippen LogP contribution in [-0.4, -0.2) is 92.8 Å². The molecular weight excluding hydrogens is 580 g/mol. The van der Waals surface area contributed by atoms with Gasteiger partial charge in [0.1, 0.15) is 16.9 Å². The van der Waals surface area contributed by atoms with Gasteiger partial charge in [-0.1, -0.05) is 43.2 Å². The second kappa shape index (κ2) is 15.5. The fourth-order valence-corrected chi connectivity index (χ4v) is 7.42. The van der Waals surface area contributed by atoms with Gasteiger partial charge in [-0.3, -0.25) is 9.59 Å². The molecule has 46 heavy (non-hydrogen) atoms. The van der Waals surface area contributed by atoms with Gasteiger partial charge in [0.25, 0.3) is 5.91 Å². The highest BCUT2D eigenvalue weighted by Crippen LogP contribution is 2.32. The van der Waals surface area contributed by atoms with E-state index in [9.17, 15) is 9.59 Å². The van der Waals surface area contributed by atoms with Crippen molar-refractivity contribution in [2.45, 2.75) is 69.4 Å². The highest BCUT2D eigenvalue weighted by Gasteiger charge is 2.43.